The van der Waals surface area contributed by atoms with Gasteiger partial charge in [-0.3, -0.25) is 4.90 Å². The van der Waals surface area contributed by atoms with Crippen molar-refractivity contribution in [1.29, 1.82) is 0 Å². The highest BCUT2D eigenvalue weighted by atomic mass is 16.5. The van der Waals surface area contributed by atoms with Crippen molar-refractivity contribution in [2.75, 3.05) is 13.1 Å². The molecule has 2 rings (SSSR count). The molecule has 1 saturated heterocycles. The normalized spacial score (nSPS) is 19.5. The van der Waals surface area contributed by atoms with Crippen molar-refractivity contribution >= 4 is 0 Å². The maximum absolute atomic E-state index is 5.81. The fourth-order valence-electron chi connectivity index (χ4n) is 2.21. The molecule has 0 N–H and O–H groups in total. The highest BCUT2D eigenvalue weighted by Crippen LogP contribution is 2.23. The maximum atomic E-state index is 5.81. The Morgan fingerprint density at radius 1 is 1.35 bits per heavy atom. The van der Waals surface area contributed by atoms with Crippen LogP contribution in [0, 0.1) is 6.92 Å². The summed E-state index contributed by atoms with van der Waals surface area (Å²) < 4.78 is 10.8. The van der Waals surface area contributed by atoms with Crippen molar-refractivity contribution in [3.63, 3.8) is 0 Å². The molecule has 0 spiro atoms. The van der Waals surface area contributed by atoms with Gasteiger partial charge in [-0.2, -0.15) is 0 Å². The van der Waals surface area contributed by atoms with E-state index in [0.717, 1.165) is 31.7 Å². The van der Waals surface area contributed by atoms with Crippen molar-refractivity contribution in [2.45, 2.75) is 52.2 Å². The van der Waals surface area contributed by atoms with Crippen molar-refractivity contribution in [3.8, 4) is 5.88 Å². The van der Waals surface area contributed by atoms with Crippen LogP contribution >= 0.6 is 0 Å². The summed E-state index contributed by atoms with van der Waals surface area (Å²) in [5.74, 6) is 1.42. The van der Waals surface area contributed by atoms with E-state index in [9.17, 15) is 0 Å². The first-order chi connectivity index (χ1) is 7.95. The van der Waals surface area contributed by atoms with Crippen LogP contribution in [0.5, 0.6) is 5.88 Å². The van der Waals surface area contributed by atoms with Crippen LogP contribution in [-0.4, -0.2) is 34.8 Å². The van der Waals surface area contributed by atoms with Crippen LogP contribution in [0.15, 0.2) is 10.6 Å². The quantitative estimate of drug-likeness (QED) is 0.794. The number of aromatic nitrogens is 1. The lowest BCUT2D eigenvalue weighted by atomic mass is 9.99. The molecule has 0 aliphatic carbocycles. The van der Waals surface area contributed by atoms with E-state index in [1.807, 2.05) is 13.0 Å². The van der Waals surface area contributed by atoms with E-state index in [2.05, 4.69) is 30.8 Å². The predicted molar refractivity (Wildman–Crippen MR) is 66.2 cm³/mol. The zero-order valence-corrected chi connectivity index (χ0v) is 11.2. The minimum absolute atomic E-state index is 0.259. The van der Waals surface area contributed by atoms with Gasteiger partial charge in [-0.05, 0) is 45.7 Å². The zero-order chi connectivity index (χ0) is 12.5. The predicted octanol–water partition coefficient (Wildman–Crippen LogP) is 2.62. The molecule has 1 aliphatic rings. The second-order valence-electron chi connectivity index (χ2n) is 5.75. The molecule has 0 aromatic carbocycles. The Balaban J connectivity index is 1.83. The van der Waals surface area contributed by atoms with Crippen molar-refractivity contribution in [3.05, 3.63) is 11.8 Å². The molecule has 4 nitrogen and oxygen atoms in total. The van der Waals surface area contributed by atoms with Crippen LogP contribution in [0.4, 0.5) is 0 Å². The van der Waals surface area contributed by atoms with Gasteiger partial charge < -0.3 is 9.26 Å². The third kappa shape index (κ3) is 3.22. The van der Waals surface area contributed by atoms with Crippen LogP contribution in [0.1, 0.15) is 39.4 Å². The van der Waals surface area contributed by atoms with E-state index in [-0.39, 0.29) is 11.6 Å². The van der Waals surface area contributed by atoms with E-state index >= 15 is 0 Å². The van der Waals surface area contributed by atoms with Crippen LogP contribution < -0.4 is 4.74 Å². The number of aryl methyl sites for hydroxylation is 1. The minimum Gasteiger partial charge on any atom is -0.472 e. The third-order valence-corrected chi connectivity index (χ3v) is 3.28. The van der Waals surface area contributed by atoms with Crippen LogP contribution in [0.3, 0.4) is 0 Å². The van der Waals surface area contributed by atoms with Crippen molar-refractivity contribution in [2.24, 2.45) is 0 Å². The fraction of sp³-hybridized carbons (Fsp3) is 0.769. The highest BCUT2D eigenvalue weighted by Gasteiger charge is 2.28. The van der Waals surface area contributed by atoms with Gasteiger partial charge in [-0.25, -0.2) is 0 Å². The number of hydrogen-bond donors (Lipinski definition) is 0. The molecular weight excluding hydrogens is 216 g/mol. The molecule has 0 saturated carbocycles. The minimum atomic E-state index is 0.259. The molecule has 1 fully saturated rings. The Bertz CT molecular complexity index is 360. The number of hydrogen-bond acceptors (Lipinski definition) is 4. The Morgan fingerprint density at radius 3 is 2.47 bits per heavy atom. The van der Waals surface area contributed by atoms with Gasteiger partial charge in [0.1, 0.15) is 11.9 Å². The van der Waals surface area contributed by atoms with Gasteiger partial charge in [0.2, 0.25) is 0 Å². The van der Waals surface area contributed by atoms with Crippen molar-refractivity contribution in [1.82, 2.24) is 10.1 Å². The summed E-state index contributed by atoms with van der Waals surface area (Å²) in [7, 11) is 0. The summed E-state index contributed by atoms with van der Waals surface area (Å²) in [4.78, 5) is 2.50. The second kappa shape index (κ2) is 4.69. The summed E-state index contributed by atoms with van der Waals surface area (Å²) in [5, 5.41) is 3.87. The molecule has 17 heavy (non-hydrogen) atoms. The Labute approximate surface area is 103 Å². The lowest BCUT2D eigenvalue weighted by Gasteiger charge is -2.40. The molecule has 96 valence electrons. The summed E-state index contributed by atoms with van der Waals surface area (Å²) >= 11 is 0. The zero-order valence-electron chi connectivity index (χ0n) is 11.2. The molecule has 0 atom stereocenters. The van der Waals surface area contributed by atoms with Crippen LogP contribution in [0.25, 0.3) is 0 Å². The SMILES string of the molecule is Cc1cc(OC2CCN(C(C)(C)C)CC2)no1. The lowest BCUT2D eigenvalue weighted by Crippen LogP contribution is -2.48. The summed E-state index contributed by atoms with van der Waals surface area (Å²) in [6.07, 6.45) is 2.39. The second-order valence-corrected chi connectivity index (χ2v) is 5.75. The van der Waals surface area contributed by atoms with E-state index in [0.29, 0.717) is 5.88 Å². The summed E-state index contributed by atoms with van der Waals surface area (Å²) in [6, 6.07) is 1.84. The van der Waals surface area contributed by atoms with Gasteiger partial charge in [0.05, 0.1) is 0 Å². The molecule has 2 heterocycles. The highest BCUT2D eigenvalue weighted by molar-refractivity contribution is 5.10. The Hall–Kier alpha value is -1.03. The average molecular weight is 238 g/mol. The standard InChI is InChI=1S/C13H22N2O2/c1-10-9-12(14-17-10)16-11-5-7-15(8-6-11)13(2,3)4/h9,11H,5-8H2,1-4H3. The first-order valence-electron chi connectivity index (χ1n) is 6.30. The Morgan fingerprint density at radius 2 is 2.00 bits per heavy atom. The third-order valence-electron chi connectivity index (χ3n) is 3.28. The lowest BCUT2D eigenvalue weighted by molar-refractivity contribution is 0.0457. The number of piperidine rings is 1. The monoisotopic (exact) mass is 238 g/mol. The molecule has 1 aromatic rings. The molecule has 4 heteroatoms. The summed E-state index contributed by atoms with van der Waals surface area (Å²) in [6.45, 7) is 10.8. The first-order valence-corrected chi connectivity index (χ1v) is 6.30. The molecule has 1 aliphatic heterocycles. The molecule has 0 unspecified atom stereocenters. The fourth-order valence-corrected chi connectivity index (χ4v) is 2.21. The smallest absolute Gasteiger partial charge is 0.254 e. The molecule has 1 aromatic heterocycles. The van der Waals surface area contributed by atoms with Gasteiger partial charge in [-0.15, -0.1) is 0 Å². The molecule has 0 bridgehead atoms. The van der Waals surface area contributed by atoms with E-state index in [1.165, 1.54) is 0 Å². The molecule has 0 radical (unpaired) electrons. The molecular formula is C13H22N2O2. The topological polar surface area (TPSA) is 38.5 Å². The van der Waals surface area contributed by atoms with Gasteiger partial charge >= 0.3 is 0 Å². The van der Waals surface area contributed by atoms with Gasteiger partial charge in [0.25, 0.3) is 5.88 Å². The molecule has 0 amide bonds. The van der Waals surface area contributed by atoms with Crippen LogP contribution in [0.2, 0.25) is 0 Å². The number of likely N-dealkylation sites (tertiary alicyclic amines) is 1. The van der Waals surface area contributed by atoms with Gasteiger partial charge in [0, 0.05) is 24.7 Å². The summed E-state index contributed by atoms with van der Waals surface area (Å²) in [5.41, 5.74) is 0.259. The number of nitrogens with zero attached hydrogens (tertiary/aromatic N) is 2. The maximum Gasteiger partial charge on any atom is 0.254 e. The largest absolute Gasteiger partial charge is 0.472 e. The van der Waals surface area contributed by atoms with Crippen molar-refractivity contribution < 1.29 is 9.26 Å². The first kappa shape index (κ1) is 12.4. The average Bonchev–Trinajstić information content (AvgIpc) is 2.63. The number of ether oxygens (including phenoxy) is 1. The van der Waals surface area contributed by atoms with E-state index in [1.54, 1.807) is 0 Å². The number of rotatable bonds is 2. The Kier molecular flexibility index (Phi) is 3.43. The van der Waals surface area contributed by atoms with Crippen LogP contribution in [-0.2, 0) is 0 Å². The van der Waals surface area contributed by atoms with Gasteiger partial charge in [-0.1, -0.05) is 0 Å². The van der Waals surface area contributed by atoms with Gasteiger partial charge in [0.15, 0.2) is 0 Å². The van der Waals surface area contributed by atoms with E-state index in [4.69, 9.17) is 9.26 Å². The van der Waals surface area contributed by atoms with E-state index < -0.39 is 0 Å².